The van der Waals surface area contributed by atoms with Gasteiger partial charge in [-0.05, 0) is 85.5 Å². The van der Waals surface area contributed by atoms with E-state index in [2.05, 4.69) is 74.5 Å². The predicted molar refractivity (Wildman–Crippen MR) is 142 cm³/mol. The highest BCUT2D eigenvalue weighted by Crippen LogP contribution is 2.37. The molecule has 0 spiro atoms. The van der Waals surface area contributed by atoms with Crippen LogP contribution in [0.4, 0.5) is 0 Å². The van der Waals surface area contributed by atoms with Gasteiger partial charge in [0, 0.05) is 0 Å². The summed E-state index contributed by atoms with van der Waals surface area (Å²) >= 11 is 0. The Bertz CT molecular complexity index is 757. The number of allylic oxidation sites excluding steroid dienone is 1. The number of aryl methyl sites for hydroxylation is 2. The van der Waals surface area contributed by atoms with Crippen molar-refractivity contribution in [1.82, 2.24) is 0 Å². The molecule has 0 nitrogen and oxygen atoms in total. The van der Waals surface area contributed by atoms with Crippen LogP contribution >= 0.6 is 0 Å². The quantitative estimate of drug-likeness (QED) is 0.277. The van der Waals surface area contributed by atoms with Crippen LogP contribution in [0.1, 0.15) is 119 Å². The summed E-state index contributed by atoms with van der Waals surface area (Å²) in [6, 6.07) is 18.8. The molecule has 0 heterocycles. The Morgan fingerprint density at radius 3 is 1.94 bits per heavy atom. The molecule has 0 aromatic heterocycles. The van der Waals surface area contributed by atoms with Crippen LogP contribution in [0.15, 0.2) is 54.6 Å². The number of rotatable bonds is 13. The van der Waals surface area contributed by atoms with Gasteiger partial charge >= 0.3 is 0 Å². The average Bonchev–Trinajstić information content (AvgIpc) is 2.84. The van der Waals surface area contributed by atoms with Crippen LogP contribution < -0.4 is 0 Å². The first-order valence-corrected chi connectivity index (χ1v) is 13.6. The summed E-state index contributed by atoms with van der Waals surface area (Å²) in [7, 11) is 0. The second-order valence-corrected chi connectivity index (χ2v) is 10.1. The standard InChI is InChI=1S/C32H46/c1-3-5-6-7-8-9-10-12-28-13-15-29(16-14-28)17-18-30-21-25-32(26-22-30)31-23-19-27(11-4-2)20-24-31/h10,12-16,21-22,25-27,31H,3-9,11,17-20,23-24H2,1-2H3. The lowest BCUT2D eigenvalue weighted by Gasteiger charge is -2.28. The highest BCUT2D eigenvalue weighted by atomic mass is 14.3. The topological polar surface area (TPSA) is 0 Å². The molecule has 0 heteroatoms. The molecule has 0 atom stereocenters. The molecular formula is C32H46. The van der Waals surface area contributed by atoms with Gasteiger partial charge in [-0.3, -0.25) is 0 Å². The van der Waals surface area contributed by atoms with E-state index in [1.807, 2.05) is 0 Å². The molecule has 1 aliphatic rings. The lowest BCUT2D eigenvalue weighted by Crippen LogP contribution is -2.13. The van der Waals surface area contributed by atoms with Crippen LogP contribution in [0, 0.1) is 5.92 Å². The molecular weight excluding hydrogens is 384 g/mol. The predicted octanol–water partition coefficient (Wildman–Crippen LogP) is 9.92. The maximum atomic E-state index is 2.41. The zero-order valence-electron chi connectivity index (χ0n) is 20.8. The average molecular weight is 431 g/mol. The minimum atomic E-state index is 0.800. The van der Waals surface area contributed by atoms with E-state index in [0.29, 0.717) is 0 Å². The third-order valence-electron chi connectivity index (χ3n) is 7.46. The molecule has 0 unspecified atom stereocenters. The van der Waals surface area contributed by atoms with E-state index in [0.717, 1.165) is 24.7 Å². The Morgan fingerprint density at radius 1 is 0.688 bits per heavy atom. The fourth-order valence-electron chi connectivity index (χ4n) is 5.32. The number of benzene rings is 2. The summed E-state index contributed by atoms with van der Waals surface area (Å²) < 4.78 is 0. The Labute approximate surface area is 198 Å². The molecule has 1 fully saturated rings. The Balaban J connectivity index is 1.38. The summed E-state index contributed by atoms with van der Waals surface area (Å²) in [6.45, 7) is 4.60. The molecule has 1 aliphatic carbocycles. The first kappa shape index (κ1) is 24.8. The molecule has 0 saturated heterocycles. The van der Waals surface area contributed by atoms with Gasteiger partial charge in [0.05, 0.1) is 0 Å². The first-order chi connectivity index (χ1) is 15.8. The van der Waals surface area contributed by atoms with E-state index in [4.69, 9.17) is 0 Å². The van der Waals surface area contributed by atoms with Gasteiger partial charge in [-0.2, -0.15) is 0 Å². The van der Waals surface area contributed by atoms with Crippen molar-refractivity contribution in [3.8, 4) is 0 Å². The number of unbranched alkanes of at least 4 members (excludes halogenated alkanes) is 5. The van der Waals surface area contributed by atoms with Crippen molar-refractivity contribution < 1.29 is 0 Å². The van der Waals surface area contributed by atoms with Crippen molar-refractivity contribution in [2.45, 2.75) is 110 Å². The molecule has 0 N–H and O–H groups in total. The first-order valence-electron chi connectivity index (χ1n) is 13.6. The van der Waals surface area contributed by atoms with Crippen LogP contribution in [-0.2, 0) is 12.8 Å². The van der Waals surface area contributed by atoms with Gasteiger partial charge in [0.15, 0.2) is 0 Å². The van der Waals surface area contributed by atoms with Crippen molar-refractivity contribution >= 4 is 6.08 Å². The fourth-order valence-corrected chi connectivity index (χ4v) is 5.32. The Kier molecular flexibility index (Phi) is 11.1. The normalized spacial score (nSPS) is 18.9. The van der Waals surface area contributed by atoms with Gasteiger partial charge in [0.25, 0.3) is 0 Å². The van der Waals surface area contributed by atoms with Crippen molar-refractivity contribution in [1.29, 1.82) is 0 Å². The Morgan fingerprint density at radius 2 is 1.31 bits per heavy atom. The van der Waals surface area contributed by atoms with Gasteiger partial charge in [-0.15, -0.1) is 0 Å². The summed E-state index contributed by atoms with van der Waals surface area (Å²) in [4.78, 5) is 0. The molecule has 1 saturated carbocycles. The zero-order chi connectivity index (χ0) is 22.4. The third-order valence-corrected chi connectivity index (χ3v) is 7.46. The maximum Gasteiger partial charge on any atom is -0.0162 e. The van der Waals surface area contributed by atoms with Gasteiger partial charge in [0.1, 0.15) is 0 Å². The monoisotopic (exact) mass is 430 g/mol. The molecule has 0 aliphatic heterocycles. The van der Waals surface area contributed by atoms with Crippen LogP contribution in [0.2, 0.25) is 0 Å². The van der Waals surface area contributed by atoms with Crippen LogP contribution in [-0.4, -0.2) is 0 Å². The molecule has 0 bridgehead atoms. The van der Waals surface area contributed by atoms with E-state index in [9.17, 15) is 0 Å². The van der Waals surface area contributed by atoms with Crippen molar-refractivity contribution in [3.05, 3.63) is 76.9 Å². The molecule has 174 valence electrons. The number of hydrogen-bond acceptors (Lipinski definition) is 0. The summed E-state index contributed by atoms with van der Waals surface area (Å²) in [5.41, 5.74) is 5.83. The second-order valence-electron chi connectivity index (χ2n) is 10.1. The Hall–Kier alpha value is -1.82. The SMILES string of the molecule is CCCCCCCC=Cc1ccc(CCc2ccc(C3CCC(CCC)CC3)cc2)cc1. The minimum absolute atomic E-state index is 0.800. The summed E-state index contributed by atoms with van der Waals surface area (Å²) in [5, 5.41) is 0. The van der Waals surface area contributed by atoms with E-state index >= 15 is 0 Å². The molecule has 0 radical (unpaired) electrons. The van der Waals surface area contributed by atoms with Crippen molar-refractivity contribution in [2.75, 3.05) is 0 Å². The smallest absolute Gasteiger partial charge is 0.0162 e. The van der Waals surface area contributed by atoms with Crippen LogP contribution in [0.3, 0.4) is 0 Å². The molecule has 32 heavy (non-hydrogen) atoms. The van der Waals surface area contributed by atoms with Crippen LogP contribution in [0.5, 0.6) is 0 Å². The van der Waals surface area contributed by atoms with E-state index in [-0.39, 0.29) is 0 Å². The van der Waals surface area contributed by atoms with Gasteiger partial charge < -0.3 is 0 Å². The molecule has 0 amide bonds. The molecule has 3 rings (SSSR count). The second kappa shape index (κ2) is 14.4. The lowest BCUT2D eigenvalue weighted by atomic mass is 9.77. The molecule has 2 aromatic rings. The lowest BCUT2D eigenvalue weighted by molar-refractivity contribution is 0.308. The van der Waals surface area contributed by atoms with Gasteiger partial charge in [-0.1, -0.05) is 113 Å². The fraction of sp³-hybridized carbons (Fsp3) is 0.562. The number of hydrogen-bond donors (Lipinski definition) is 0. The zero-order valence-corrected chi connectivity index (χ0v) is 20.8. The van der Waals surface area contributed by atoms with Gasteiger partial charge in [-0.25, -0.2) is 0 Å². The van der Waals surface area contributed by atoms with E-state index in [1.54, 1.807) is 5.56 Å². The minimum Gasteiger partial charge on any atom is -0.0839 e. The maximum absolute atomic E-state index is 2.41. The van der Waals surface area contributed by atoms with E-state index < -0.39 is 0 Å². The van der Waals surface area contributed by atoms with Crippen molar-refractivity contribution in [2.24, 2.45) is 5.92 Å². The highest BCUT2D eigenvalue weighted by molar-refractivity contribution is 5.49. The summed E-state index contributed by atoms with van der Waals surface area (Å²) in [5.74, 6) is 1.79. The third kappa shape index (κ3) is 8.61. The van der Waals surface area contributed by atoms with Crippen LogP contribution in [0.25, 0.3) is 6.08 Å². The molecule has 2 aromatic carbocycles. The summed E-state index contributed by atoms with van der Waals surface area (Å²) in [6.07, 6.45) is 23.3. The van der Waals surface area contributed by atoms with E-state index in [1.165, 1.54) is 93.7 Å². The van der Waals surface area contributed by atoms with Gasteiger partial charge in [0.2, 0.25) is 0 Å². The highest BCUT2D eigenvalue weighted by Gasteiger charge is 2.21. The largest absolute Gasteiger partial charge is 0.0839 e. The van der Waals surface area contributed by atoms with Crippen molar-refractivity contribution in [3.63, 3.8) is 0 Å².